The molecule has 1 atom stereocenters. The molecule has 0 aliphatic rings. The molecule has 0 spiro atoms. The average molecular weight is 225 g/mol. The third-order valence-corrected chi connectivity index (χ3v) is 2.67. The van der Waals surface area contributed by atoms with Crippen LogP contribution in [0.3, 0.4) is 0 Å². The molecule has 0 aromatic heterocycles. The molecule has 1 aromatic carbocycles. The summed E-state index contributed by atoms with van der Waals surface area (Å²) in [5, 5.41) is 3.33. The predicted molar refractivity (Wildman–Crippen MR) is 64.0 cm³/mol. The third-order valence-electron chi connectivity index (χ3n) is 2.67. The highest BCUT2D eigenvalue weighted by Gasteiger charge is 2.06. The van der Waals surface area contributed by atoms with Gasteiger partial charge in [0.15, 0.2) is 0 Å². The summed E-state index contributed by atoms with van der Waals surface area (Å²) in [5.74, 6) is -0.136. The van der Waals surface area contributed by atoms with E-state index < -0.39 is 0 Å². The average Bonchev–Trinajstić information content (AvgIpc) is 2.28. The Balaban J connectivity index is 2.46. The minimum Gasteiger partial charge on any atom is -0.385 e. The second-order valence-electron chi connectivity index (χ2n) is 4.03. The van der Waals surface area contributed by atoms with Crippen molar-refractivity contribution in [3.63, 3.8) is 0 Å². The molecule has 2 nitrogen and oxygen atoms in total. The highest BCUT2D eigenvalue weighted by Crippen LogP contribution is 2.15. The maximum Gasteiger partial charge on any atom is 0.126 e. The molecule has 0 fully saturated rings. The molecule has 1 rings (SSSR count). The largest absolute Gasteiger partial charge is 0.385 e. The number of halogens is 1. The van der Waals surface area contributed by atoms with E-state index in [1.807, 2.05) is 19.1 Å². The van der Waals surface area contributed by atoms with Crippen LogP contribution in [0.4, 0.5) is 4.39 Å². The van der Waals surface area contributed by atoms with Crippen LogP contribution in [0.25, 0.3) is 0 Å². The Bertz CT molecular complexity index is 328. The Morgan fingerprint density at radius 3 is 2.81 bits per heavy atom. The fourth-order valence-electron chi connectivity index (χ4n) is 1.53. The zero-order valence-corrected chi connectivity index (χ0v) is 10.2. The van der Waals surface area contributed by atoms with Crippen LogP contribution in [0.15, 0.2) is 18.2 Å². The van der Waals surface area contributed by atoms with Gasteiger partial charge in [-0.2, -0.15) is 0 Å². The van der Waals surface area contributed by atoms with Gasteiger partial charge >= 0.3 is 0 Å². The quantitative estimate of drug-likeness (QED) is 0.752. The van der Waals surface area contributed by atoms with Gasteiger partial charge < -0.3 is 10.1 Å². The molecule has 16 heavy (non-hydrogen) atoms. The van der Waals surface area contributed by atoms with Crippen LogP contribution in [-0.4, -0.2) is 20.3 Å². The van der Waals surface area contributed by atoms with Gasteiger partial charge in [0.25, 0.3) is 0 Å². The summed E-state index contributed by atoms with van der Waals surface area (Å²) in [4.78, 5) is 0. The van der Waals surface area contributed by atoms with E-state index in [2.05, 4.69) is 5.32 Å². The minimum absolute atomic E-state index is 0.136. The van der Waals surface area contributed by atoms with E-state index in [0.29, 0.717) is 5.56 Å². The number of benzene rings is 1. The fourth-order valence-corrected chi connectivity index (χ4v) is 1.53. The number of hydrogen-bond donors (Lipinski definition) is 1. The predicted octanol–water partition coefficient (Wildman–Crippen LogP) is 2.82. The van der Waals surface area contributed by atoms with E-state index >= 15 is 0 Å². The smallest absolute Gasteiger partial charge is 0.126 e. The van der Waals surface area contributed by atoms with Crippen LogP contribution in [0, 0.1) is 12.7 Å². The van der Waals surface area contributed by atoms with Crippen molar-refractivity contribution in [2.24, 2.45) is 0 Å². The molecule has 0 aliphatic carbocycles. The van der Waals surface area contributed by atoms with Crippen molar-refractivity contribution in [2.45, 2.75) is 26.3 Å². The molecular weight excluding hydrogens is 205 g/mol. The molecule has 90 valence electrons. The summed E-state index contributed by atoms with van der Waals surface area (Å²) >= 11 is 0. The lowest BCUT2D eigenvalue weighted by atomic mass is 10.1. The van der Waals surface area contributed by atoms with Crippen molar-refractivity contribution < 1.29 is 9.13 Å². The second kappa shape index (κ2) is 6.61. The van der Waals surface area contributed by atoms with Gasteiger partial charge in [-0.1, -0.05) is 12.1 Å². The summed E-state index contributed by atoms with van der Waals surface area (Å²) in [5.41, 5.74) is 1.68. The first-order valence-corrected chi connectivity index (χ1v) is 5.63. The van der Waals surface area contributed by atoms with Gasteiger partial charge in [-0.15, -0.1) is 0 Å². The second-order valence-corrected chi connectivity index (χ2v) is 4.03. The Hall–Kier alpha value is -0.930. The topological polar surface area (TPSA) is 21.3 Å². The summed E-state index contributed by atoms with van der Waals surface area (Å²) in [6, 6.07) is 5.56. The SMILES string of the molecule is COCCCNC(C)c1ccc(C)c(F)c1. The summed E-state index contributed by atoms with van der Waals surface area (Å²) < 4.78 is 18.3. The van der Waals surface area contributed by atoms with Gasteiger partial charge in [-0.25, -0.2) is 4.39 Å². The summed E-state index contributed by atoms with van der Waals surface area (Å²) in [6.45, 7) is 5.44. The molecule has 1 N–H and O–H groups in total. The van der Waals surface area contributed by atoms with Gasteiger partial charge in [0.1, 0.15) is 5.82 Å². The van der Waals surface area contributed by atoms with Crippen LogP contribution >= 0.6 is 0 Å². The Morgan fingerprint density at radius 2 is 2.19 bits per heavy atom. The zero-order valence-electron chi connectivity index (χ0n) is 10.2. The van der Waals surface area contributed by atoms with E-state index in [0.717, 1.165) is 25.1 Å². The van der Waals surface area contributed by atoms with Crippen LogP contribution in [0.1, 0.15) is 30.5 Å². The van der Waals surface area contributed by atoms with Gasteiger partial charge in [-0.3, -0.25) is 0 Å². The van der Waals surface area contributed by atoms with Crippen molar-refractivity contribution >= 4 is 0 Å². The van der Waals surface area contributed by atoms with Crippen molar-refractivity contribution in [3.05, 3.63) is 35.1 Å². The number of methoxy groups -OCH3 is 1. The molecule has 3 heteroatoms. The van der Waals surface area contributed by atoms with Gasteiger partial charge in [-0.05, 0) is 44.0 Å². The van der Waals surface area contributed by atoms with Crippen LogP contribution < -0.4 is 5.32 Å². The third kappa shape index (κ3) is 3.91. The van der Waals surface area contributed by atoms with Gasteiger partial charge in [0, 0.05) is 19.8 Å². The minimum atomic E-state index is -0.136. The maximum atomic E-state index is 13.3. The van der Waals surface area contributed by atoms with Crippen LogP contribution in [-0.2, 0) is 4.74 Å². The monoisotopic (exact) mass is 225 g/mol. The van der Waals surface area contributed by atoms with E-state index in [1.165, 1.54) is 0 Å². The first-order chi connectivity index (χ1) is 7.65. The molecule has 0 saturated heterocycles. The molecule has 0 bridgehead atoms. The van der Waals surface area contributed by atoms with Crippen LogP contribution in [0.5, 0.6) is 0 Å². The number of hydrogen-bond acceptors (Lipinski definition) is 2. The number of aryl methyl sites for hydroxylation is 1. The number of nitrogens with one attached hydrogen (secondary N) is 1. The molecular formula is C13H20FNO. The van der Waals surface area contributed by atoms with E-state index in [1.54, 1.807) is 20.1 Å². The standard InChI is InChI=1S/C13H20FNO/c1-10-5-6-12(9-13(10)14)11(2)15-7-4-8-16-3/h5-6,9,11,15H,4,7-8H2,1-3H3. The Morgan fingerprint density at radius 1 is 1.44 bits per heavy atom. The summed E-state index contributed by atoms with van der Waals surface area (Å²) in [6.07, 6.45) is 0.967. The van der Waals surface area contributed by atoms with Crippen LogP contribution in [0.2, 0.25) is 0 Å². The normalized spacial score (nSPS) is 12.8. The number of rotatable bonds is 6. The molecule has 0 amide bonds. The fraction of sp³-hybridized carbons (Fsp3) is 0.538. The summed E-state index contributed by atoms with van der Waals surface area (Å²) in [7, 11) is 1.69. The molecule has 0 heterocycles. The highest BCUT2D eigenvalue weighted by atomic mass is 19.1. The Kier molecular flexibility index (Phi) is 5.43. The van der Waals surface area contributed by atoms with E-state index in [9.17, 15) is 4.39 Å². The van der Waals surface area contributed by atoms with Crippen molar-refractivity contribution in [3.8, 4) is 0 Å². The maximum absolute atomic E-state index is 13.3. The van der Waals surface area contributed by atoms with Gasteiger partial charge in [0.2, 0.25) is 0 Å². The molecule has 0 radical (unpaired) electrons. The lowest BCUT2D eigenvalue weighted by Gasteiger charge is -2.14. The molecule has 0 aliphatic heterocycles. The van der Waals surface area contributed by atoms with E-state index in [-0.39, 0.29) is 11.9 Å². The number of ether oxygens (including phenoxy) is 1. The molecule has 1 aromatic rings. The first-order valence-electron chi connectivity index (χ1n) is 5.63. The van der Waals surface area contributed by atoms with Crippen molar-refractivity contribution in [1.82, 2.24) is 5.32 Å². The van der Waals surface area contributed by atoms with Crippen molar-refractivity contribution in [2.75, 3.05) is 20.3 Å². The lowest BCUT2D eigenvalue weighted by Crippen LogP contribution is -2.21. The Labute approximate surface area is 96.8 Å². The molecule has 1 unspecified atom stereocenters. The zero-order chi connectivity index (χ0) is 12.0. The molecule has 0 saturated carbocycles. The van der Waals surface area contributed by atoms with Crippen molar-refractivity contribution in [1.29, 1.82) is 0 Å². The first kappa shape index (κ1) is 13.1. The van der Waals surface area contributed by atoms with E-state index in [4.69, 9.17) is 4.74 Å². The van der Waals surface area contributed by atoms with Gasteiger partial charge in [0.05, 0.1) is 0 Å². The highest BCUT2D eigenvalue weighted by molar-refractivity contribution is 5.25. The lowest BCUT2D eigenvalue weighted by molar-refractivity contribution is 0.193.